The maximum absolute atomic E-state index is 12.1. The predicted octanol–water partition coefficient (Wildman–Crippen LogP) is 3.14. The lowest BCUT2D eigenvalue weighted by Crippen LogP contribution is -2.31. The normalized spacial score (nSPS) is 10.4. The summed E-state index contributed by atoms with van der Waals surface area (Å²) in [5, 5.41) is 13.6. The van der Waals surface area contributed by atoms with Crippen molar-refractivity contribution in [3.8, 4) is 0 Å². The van der Waals surface area contributed by atoms with Crippen molar-refractivity contribution in [3.63, 3.8) is 0 Å². The first kappa shape index (κ1) is 19.1. The summed E-state index contributed by atoms with van der Waals surface area (Å²) in [6.07, 6.45) is 1.39. The average Bonchev–Trinajstić information content (AvgIpc) is 2.88. The molecule has 0 fully saturated rings. The Morgan fingerprint density at radius 3 is 2.84 bits per heavy atom. The van der Waals surface area contributed by atoms with Crippen LogP contribution in [-0.4, -0.2) is 32.2 Å². The molecular weight excluding hydrogens is 391 g/mol. The Morgan fingerprint density at radius 1 is 1.48 bits per heavy atom. The Labute approximate surface area is 157 Å². The summed E-state index contributed by atoms with van der Waals surface area (Å²) in [5.41, 5.74) is 0.802. The number of thiocarbonyl (C=S) groups is 1. The molecule has 0 unspecified atom stereocenters. The minimum Gasteiger partial charge on any atom is -0.467 e. The molecular formula is C14H12Cl2N4O4S. The first-order valence-electron chi connectivity index (χ1n) is 6.89. The highest BCUT2D eigenvalue weighted by molar-refractivity contribution is 7.80. The van der Waals surface area contributed by atoms with Crippen LogP contribution in [-0.2, 0) is 11.3 Å². The number of amides is 1. The fraction of sp³-hybridized carbons (Fsp3) is 0.214. The fourth-order valence-corrected chi connectivity index (χ4v) is 2.64. The molecule has 1 amide bonds. The van der Waals surface area contributed by atoms with Gasteiger partial charge in [0.15, 0.2) is 0 Å². The summed E-state index contributed by atoms with van der Waals surface area (Å²) in [4.78, 5) is 26.0. The van der Waals surface area contributed by atoms with Crippen molar-refractivity contribution < 1.29 is 14.5 Å². The van der Waals surface area contributed by atoms with Gasteiger partial charge in [0.2, 0.25) is 0 Å². The number of rotatable bonds is 5. The maximum atomic E-state index is 12.1. The quantitative estimate of drug-likeness (QED) is 0.468. The number of carbonyl (C=O) groups excluding carboxylic acids is 1. The predicted molar refractivity (Wildman–Crippen MR) is 96.1 cm³/mol. The van der Waals surface area contributed by atoms with Gasteiger partial charge in [-0.05, 0) is 42.3 Å². The maximum Gasteiger partial charge on any atom is 0.434 e. The third-order valence-corrected chi connectivity index (χ3v) is 3.90. The minimum absolute atomic E-state index is 0.0193. The zero-order chi connectivity index (χ0) is 18.6. The topological polar surface area (TPSA) is 99.3 Å². The summed E-state index contributed by atoms with van der Waals surface area (Å²) >= 11 is 16.6. The summed E-state index contributed by atoms with van der Waals surface area (Å²) in [6, 6.07) is 4.41. The van der Waals surface area contributed by atoms with Crippen LogP contribution < -0.4 is 5.32 Å². The van der Waals surface area contributed by atoms with E-state index < -0.39 is 10.8 Å². The van der Waals surface area contributed by atoms with Crippen LogP contribution in [0.25, 0.3) is 0 Å². The van der Waals surface area contributed by atoms with Crippen LogP contribution in [0.15, 0.2) is 24.4 Å². The summed E-state index contributed by atoms with van der Waals surface area (Å²) < 4.78 is 6.60. The van der Waals surface area contributed by atoms with E-state index in [4.69, 9.17) is 40.2 Å². The van der Waals surface area contributed by atoms with Gasteiger partial charge in [-0.25, -0.2) is 4.57 Å². The molecule has 1 aromatic carbocycles. The molecule has 25 heavy (non-hydrogen) atoms. The van der Waals surface area contributed by atoms with Crippen LogP contribution in [0.2, 0.25) is 10.0 Å². The molecule has 8 nitrogen and oxygen atoms in total. The van der Waals surface area contributed by atoms with Gasteiger partial charge >= 0.3 is 5.95 Å². The molecule has 1 N–H and O–H groups in total. The molecule has 2 rings (SSSR count). The zero-order valence-corrected chi connectivity index (χ0v) is 15.2. The van der Waals surface area contributed by atoms with Crippen LogP contribution in [0.3, 0.4) is 0 Å². The molecule has 0 saturated heterocycles. The molecule has 1 aromatic heterocycles. The van der Waals surface area contributed by atoms with Crippen molar-refractivity contribution in [1.82, 2.24) is 14.9 Å². The number of aryl methyl sites for hydroxylation is 1. The van der Waals surface area contributed by atoms with Crippen molar-refractivity contribution in [2.24, 2.45) is 0 Å². The third-order valence-electron chi connectivity index (χ3n) is 3.14. The number of hydrogen-bond acceptors (Lipinski definition) is 6. The number of benzene rings is 1. The van der Waals surface area contributed by atoms with Gasteiger partial charge in [0.1, 0.15) is 25.0 Å². The van der Waals surface area contributed by atoms with Gasteiger partial charge in [-0.3, -0.25) is 10.1 Å². The Bertz CT molecular complexity index is 840. The van der Waals surface area contributed by atoms with Crippen molar-refractivity contribution in [3.05, 3.63) is 55.8 Å². The largest absolute Gasteiger partial charge is 0.467 e. The van der Waals surface area contributed by atoms with Crippen molar-refractivity contribution in [2.45, 2.75) is 13.5 Å². The number of nitrogens with one attached hydrogen (secondary N) is 1. The van der Waals surface area contributed by atoms with Gasteiger partial charge in [-0.2, -0.15) is 0 Å². The van der Waals surface area contributed by atoms with Crippen LogP contribution in [0.4, 0.5) is 5.95 Å². The van der Waals surface area contributed by atoms with Gasteiger partial charge in [-0.15, -0.1) is 0 Å². The van der Waals surface area contributed by atoms with Crippen LogP contribution in [0.1, 0.15) is 16.1 Å². The number of nitro groups is 1. The Kier molecular flexibility index (Phi) is 6.29. The molecule has 0 saturated carbocycles. The van der Waals surface area contributed by atoms with Crippen LogP contribution in [0.5, 0.6) is 0 Å². The van der Waals surface area contributed by atoms with Gasteiger partial charge in [0.05, 0.1) is 10.6 Å². The van der Waals surface area contributed by atoms with Crippen LogP contribution >= 0.6 is 35.4 Å². The SMILES string of the molecule is Cc1cnc([N+](=O)[O-])n1CCOC(=S)NC(=O)c1ccc(Cl)cc1Cl. The molecule has 1 heterocycles. The van der Waals surface area contributed by atoms with E-state index in [1.807, 2.05) is 0 Å². The monoisotopic (exact) mass is 402 g/mol. The highest BCUT2D eigenvalue weighted by Crippen LogP contribution is 2.20. The number of imidazole rings is 1. The van der Waals surface area contributed by atoms with Crippen molar-refractivity contribution in [2.75, 3.05) is 6.61 Å². The number of hydrogen-bond donors (Lipinski definition) is 1. The minimum atomic E-state index is -0.588. The van der Waals surface area contributed by atoms with Gasteiger partial charge in [0, 0.05) is 5.02 Å². The van der Waals surface area contributed by atoms with E-state index in [9.17, 15) is 14.9 Å². The summed E-state index contributed by atoms with van der Waals surface area (Å²) in [7, 11) is 0. The standard InChI is InChI=1S/C14H12Cl2N4O4S/c1-8-7-17-13(20(22)23)19(8)4-5-24-14(25)18-12(21)10-3-2-9(15)6-11(10)16/h2-3,6-7H,4-5H2,1H3,(H,18,21,25). The first-order chi connectivity index (χ1) is 11.8. The van der Waals surface area contributed by atoms with Gasteiger partial charge < -0.3 is 14.9 Å². The molecule has 0 atom stereocenters. The van der Waals surface area contributed by atoms with E-state index in [0.29, 0.717) is 10.7 Å². The Morgan fingerprint density at radius 2 is 2.20 bits per heavy atom. The Hall–Kier alpha value is -2.23. The smallest absolute Gasteiger partial charge is 0.434 e. The van der Waals surface area contributed by atoms with E-state index in [0.717, 1.165) is 0 Å². The number of aromatic nitrogens is 2. The van der Waals surface area contributed by atoms with Crippen LogP contribution in [0, 0.1) is 17.0 Å². The zero-order valence-electron chi connectivity index (χ0n) is 12.9. The van der Waals surface area contributed by atoms with Gasteiger partial charge in [-0.1, -0.05) is 28.2 Å². The van der Waals surface area contributed by atoms with E-state index in [1.54, 1.807) is 6.92 Å². The molecule has 11 heteroatoms. The fourth-order valence-electron chi connectivity index (χ4n) is 1.97. The second kappa shape index (κ2) is 8.24. The first-order valence-corrected chi connectivity index (χ1v) is 8.05. The molecule has 0 radical (unpaired) electrons. The second-order valence-corrected chi connectivity index (χ2v) is 6.04. The third kappa shape index (κ3) is 4.88. The highest BCUT2D eigenvalue weighted by atomic mass is 35.5. The van der Waals surface area contributed by atoms with E-state index in [-0.39, 0.29) is 34.9 Å². The van der Waals surface area contributed by atoms with E-state index >= 15 is 0 Å². The molecule has 2 aromatic rings. The molecule has 0 spiro atoms. The number of nitrogens with zero attached hydrogens (tertiary/aromatic N) is 3. The molecule has 0 bridgehead atoms. The van der Waals surface area contributed by atoms with E-state index in [2.05, 4.69) is 10.3 Å². The molecule has 0 aliphatic carbocycles. The summed E-state index contributed by atoms with van der Waals surface area (Å²) in [5.74, 6) is -0.833. The summed E-state index contributed by atoms with van der Waals surface area (Å²) in [6.45, 7) is 1.86. The second-order valence-electron chi connectivity index (χ2n) is 4.82. The van der Waals surface area contributed by atoms with Crippen molar-refractivity contribution in [1.29, 1.82) is 0 Å². The lowest BCUT2D eigenvalue weighted by atomic mass is 10.2. The number of halogens is 2. The lowest BCUT2D eigenvalue weighted by Gasteiger charge is -2.10. The highest BCUT2D eigenvalue weighted by Gasteiger charge is 2.18. The molecule has 0 aliphatic rings. The molecule has 132 valence electrons. The van der Waals surface area contributed by atoms with Gasteiger partial charge in [0.25, 0.3) is 11.1 Å². The number of carbonyl (C=O) groups is 1. The number of ether oxygens (including phenoxy) is 1. The lowest BCUT2D eigenvalue weighted by molar-refractivity contribution is -0.396. The average molecular weight is 403 g/mol. The van der Waals surface area contributed by atoms with Crippen molar-refractivity contribution >= 4 is 52.4 Å². The molecule has 0 aliphatic heterocycles. The van der Waals surface area contributed by atoms with E-state index in [1.165, 1.54) is 29.0 Å². The Balaban J connectivity index is 1.90.